The lowest BCUT2D eigenvalue weighted by molar-refractivity contribution is -0.643. The van der Waals surface area contributed by atoms with E-state index in [1.54, 1.807) is 6.07 Å². The van der Waals surface area contributed by atoms with Crippen LogP contribution in [0.5, 0.6) is 0 Å². The van der Waals surface area contributed by atoms with Crippen molar-refractivity contribution in [2.24, 2.45) is 0 Å². The van der Waals surface area contributed by atoms with E-state index in [-0.39, 0.29) is 5.56 Å². The third-order valence-corrected chi connectivity index (χ3v) is 6.98. The van der Waals surface area contributed by atoms with Crippen LogP contribution in [-0.4, -0.2) is 25.2 Å². The number of nitrogens with one attached hydrogen (secondary N) is 1. The molecule has 5 heteroatoms. The Hall–Kier alpha value is -3.31. The third-order valence-electron chi connectivity index (χ3n) is 6.98. The highest BCUT2D eigenvalue weighted by atomic mass is 16.4. The van der Waals surface area contributed by atoms with E-state index in [0.29, 0.717) is 11.6 Å². The summed E-state index contributed by atoms with van der Waals surface area (Å²) in [5, 5.41) is 15.1. The number of rotatable bonds is 8. The zero-order chi connectivity index (χ0) is 24.1. The van der Waals surface area contributed by atoms with Gasteiger partial charge in [-0.15, -0.1) is 0 Å². The smallest absolute Gasteiger partial charge is 0.337 e. The molecular formula is C29H36N3O2+. The average Bonchev–Trinajstić information content (AvgIpc) is 2.86. The van der Waals surface area contributed by atoms with Crippen LogP contribution in [0.3, 0.4) is 0 Å². The summed E-state index contributed by atoms with van der Waals surface area (Å²) in [5.74, 6) is -0.211. The summed E-state index contributed by atoms with van der Waals surface area (Å²) in [4.78, 5) is 14.0. The van der Waals surface area contributed by atoms with Crippen molar-refractivity contribution < 1.29 is 15.2 Å². The van der Waals surface area contributed by atoms with Crippen molar-refractivity contribution in [1.29, 1.82) is 0 Å². The minimum absolute atomic E-state index is 0.290. The van der Waals surface area contributed by atoms with E-state index < -0.39 is 5.97 Å². The van der Waals surface area contributed by atoms with Crippen molar-refractivity contribution in [2.45, 2.75) is 51.5 Å². The first-order chi connectivity index (χ1) is 16.5. The maximum Gasteiger partial charge on any atom is 0.337 e. The molecule has 0 atom stereocenters. The SMILES string of the molecule is C[NH2+]Cc1ccc(Nc2ccc(N(C)c3ccc(C4CCCCC4)cc3)cc2C)c(C(=O)O)c1. The van der Waals surface area contributed by atoms with Gasteiger partial charge in [0.2, 0.25) is 0 Å². The Morgan fingerprint density at radius 3 is 2.29 bits per heavy atom. The van der Waals surface area contributed by atoms with Crippen LogP contribution in [0.4, 0.5) is 22.7 Å². The second-order valence-corrected chi connectivity index (χ2v) is 9.41. The fourth-order valence-corrected chi connectivity index (χ4v) is 4.94. The van der Waals surface area contributed by atoms with Gasteiger partial charge in [-0.2, -0.15) is 0 Å². The average molecular weight is 459 g/mol. The molecular weight excluding hydrogens is 422 g/mol. The second kappa shape index (κ2) is 10.7. The lowest BCUT2D eigenvalue weighted by Crippen LogP contribution is -2.77. The van der Waals surface area contributed by atoms with E-state index in [4.69, 9.17) is 0 Å². The van der Waals surface area contributed by atoms with Gasteiger partial charge in [0.1, 0.15) is 6.54 Å². The van der Waals surface area contributed by atoms with Crippen LogP contribution in [0.15, 0.2) is 60.7 Å². The van der Waals surface area contributed by atoms with E-state index >= 15 is 0 Å². The summed E-state index contributed by atoms with van der Waals surface area (Å²) >= 11 is 0. The molecule has 0 bridgehead atoms. The summed E-state index contributed by atoms with van der Waals surface area (Å²) in [7, 11) is 4.06. The lowest BCUT2D eigenvalue weighted by Gasteiger charge is -2.24. The first kappa shape index (κ1) is 23.8. The highest BCUT2D eigenvalue weighted by Gasteiger charge is 2.16. The number of carboxylic acid groups (broad SMARTS) is 1. The molecule has 0 amide bonds. The second-order valence-electron chi connectivity index (χ2n) is 9.41. The van der Waals surface area contributed by atoms with Crippen molar-refractivity contribution in [2.75, 3.05) is 24.3 Å². The molecule has 0 radical (unpaired) electrons. The third kappa shape index (κ3) is 5.42. The maximum atomic E-state index is 11.8. The number of hydrogen-bond acceptors (Lipinski definition) is 3. The number of aryl methyl sites for hydroxylation is 1. The molecule has 0 aliphatic heterocycles. The summed E-state index contributed by atoms with van der Waals surface area (Å²) < 4.78 is 0. The van der Waals surface area contributed by atoms with Gasteiger partial charge in [0.25, 0.3) is 0 Å². The predicted octanol–water partition coefficient (Wildman–Crippen LogP) is 5.95. The summed E-state index contributed by atoms with van der Waals surface area (Å²) in [6, 6.07) is 20.8. The lowest BCUT2D eigenvalue weighted by atomic mass is 9.84. The van der Waals surface area contributed by atoms with Crippen molar-refractivity contribution in [3.05, 3.63) is 82.9 Å². The van der Waals surface area contributed by atoms with Gasteiger partial charge in [0.15, 0.2) is 0 Å². The van der Waals surface area contributed by atoms with Crippen LogP contribution in [0.25, 0.3) is 0 Å². The van der Waals surface area contributed by atoms with Crippen molar-refractivity contribution >= 4 is 28.7 Å². The summed E-state index contributed by atoms with van der Waals surface area (Å²) in [6.07, 6.45) is 6.70. The normalized spacial score (nSPS) is 14.1. The number of nitrogens with two attached hydrogens (primary N) is 1. The molecule has 0 aromatic heterocycles. The van der Waals surface area contributed by atoms with Gasteiger partial charge in [0.05, 0.1) is 18.3 Å². The zero-order valence-corrected chi connectivity index (χ0v) is 20.5. The number of carboxylic acids is 1. The van der Waals surface area contributed by atoms with Gasteiger partial charge < -0.3 is 20.6 Å². The molecule has 4 rings (SSSR count). The zero-order valence-electron chi connectivity index (χ0n) is 20.5. The van der Waals surface area contributed by atoms with Crippen LogP contribution in [-0.2, 0) is 6.54 Å². The van der Waals surface area contributed by atoms with Crippen LogP contribution >= 0.6 is 0 Å². The largest absolute Gasteiger partial charge is 0.478 e. The van der Waals surface area contributed by atoms with Crippen molar-refractivity contribution in [1.82, 2.24) is 0 Å². The van der Waals surface area contributed by atoms with Gasteiger partial charge in [0, 0.05) is 29.7 Å². The van der Waals surface area contributed by atoms with Gasteiger partial charge in [-0.3, -0.25) is 0 Å². The first-order valence-corrected chi connectivity index (χ1v) is 12.3. The standard InChI is InChI=1S/C29H35N3O2/c1-20-17-25(32(3)24-12-10-23(11-13-24)22-7-5-4-6-8-22)14-16-27(20)31-28-15-9-21(19-30-2)18-26(28)29(33)34/h9-18,22,30-31H,4-8,19H2,1-3H3,(H,33,34)/p+1. The molecule has 1 aliphatic rings. The number of nitrogens with zero attached hydrogens (tertiary/aromatic N) is 1. The van der Waals surface area contributed by atoms with E-state index in [1.807, 2.05) is 37.5 Å². The Bertz CT molecular complexity index is 1130. The molecule has 0 saturated heterocycles. The van der Waals surface area contributed by atoms with Crippen molar-refractivity contribution in [3.8, 4) is 0 Å². The van der Waals surface area contributed by atoms with Gasteiger partial charge in [-0.1, -0.05) is 37.5 Å². The number of carbonyl (C=O) groups is 1. The predicted molar refractivity (Wildman–Crippen MR) is 140 cm³/mol. The fourth-order valence-electron chi connectivity index (χ4n) is 4.94. The molecule has 1 saturated carbocycles. The number of benzene rings is 3. The highest BCUT2D eigenvalue weighted by molar-refractivity contribution is 5.95. The number of quaternary nitrogens is 1. The van der Waals surface area contributed by atoms with E-state index in [2.05, 4.69) is 53.7 Å². The summed E-state index contributed by atoms with van der Waals surface area (Å²) in [5.41, 5.74) is 7.58. The van der Waals surface area contributed by atoms with E-state index in [1.165, 1.54) is 37.7 Å². The minimum atomic E-state index is -0.925. The molecule has 3 aromatic carbocycles. The Morgan fingerprint density at radius 1 is 0.971 bits per heavy atom. The molecule has 5 nitrogen and oxygen atoms in total. The molecule has 0 unspecified atom stereocenters. The van der Waals surface area contributed by atoms with Crippen LogP contribution in [0, 0.1) is 6.92 Å². The number of aromatic carboxylic acids is 1. The Labute approximate surface area is 202 Å². The fraction of sp³-hybridized carbons (Fsp3) is 0.345. The Morgan fingerprint density at radius 2 is 1.65 bits per heavy atom. The molecule has 178 valence electrons. The topological polar surface area (TPSA) is 69.2 Å². The minimum Gasteiger partial charge on any atom is -0.478 e. The monoisotopic (exact) mass is 458 g/mol. The van der Waals surface area contributed by atoms with Crippen molar-refractivity contribution in [3.63, 3.8) is 0 Å². The van der Waals surface area contributed by atoms with Crippen LogP contribution in [0.1, 0.15) is 65.1 Å². The maximum absolute atomic E-state index is 11.8. The molecule has 1 fully saturated rings. The van der Waals surface area contributed by atoms with Gasteiger partial charge in [-0.25, -0.2) is 4.79 Å². The molecule has 1 aliphatic carbocycles. The Kier molecular flexibility index (Phi) is 7.53. The molecule has 0 heterocycles. The van der Waals surface area contributed by atoms with Gasteiger partial charge in [-0.05, 0) is 79.3 Å². The van der Waals surface area contributed by atoms with Gasteiger partial charge >= 0.3 is 5.97 Å². The Balaban J connectivity index is 1.50. The molecule has 34 heavy (non-hydrogen) atoms. The molecule has 0 spiro atoms. The van der Waals surface area contributed by atoms with Crippen LogP contribution < -0.4 is 15.5 Å². The number of anilines is 4. The van der Waals surface area contributed by atoms with Crippen LogP contribution in [0.2, 0.25) is 0 Å². The van der Waals surface area contributed by atoms with E-state index in [0.717, 1.165) is 34.7 Å². The van der Waals surface area contributed by atoms with E-state index in [9.17, 15) is 9.90 Å². The highest BCUT2D eigenvalue weighted by Crippen LogP contribution is 2.35. The molecule has 3 aromatic rings. The number of hydrogen-bond donors (Lipinski definition) is 3. The quantitative estimate of drug-likeness (QED) is 0.390. The summed E-state index contributed by atoms with van der Waals surface area (Å²) in [6.45, 7) is 2.80. The molecule has 4 N–H and O–H groups in total. The first-order valence-electron chi connectivity index (χ1n) is 12.3.